The molecule has 1 N–H and O–H groups in total. The maximum atomic E-state index is 11.7. The molecular weight excluding hydrogens is 286 g/mol. The summed E-state index contributed by atoms with van der Waals surface area (Å²) in [5.74, 6) is 0.898. The van der Waals surface area contributed by atoms with Gasteiger partial charge in [0, 0.05) is 11.9 Å². The second kappa shape index (κ2) is 5.82. The van der Waals surface area contributed by atoms with Gasteiger partial charge in [0.05, 0.1) is 9.35 Å². The minimum Gasteiger partial charge on any atom is -0.352 e. The Kier molecular flexibility index (Phi) is 4.41. The first-order chi connectivity index (χ1) is 7.75. The number of carbonyl (C=O) groups is 1. The van der Waals surface area contributed by atoms with Crippen molar-refractivity contribution in [3.63, 3.8) is 0 Å². The van der Waals surface area contributed by atoms with Crippen LogP contribution in [0.5, 0.6) is 0 Å². The molecule has 1 aliphatic rings. The van der Waals surface area contributed by atoms with Crippen molar-refractivity contribution in [3.05, 3.63) is 20.8 Å². The molecule has 1 heterocycles. The Hall–Kier alpha value is -0.350. The molecule has 1 fully saturated rings. The number of amides is 1. The van der Waals surface area contributed by atoms with Gasteiger partial charge in [-0.3, -0.25) is 4.79 Å². The summed E-state index contributed by atoms with van der Waals surface area (Å²) in [5.41, 5.74) is 0.767. The number of thiophene rings is 1. The molecule has 0 bridgehead atoms. The van der Waals surface area contributed by atoms with Gasteiger partial charge in [-0.25, -0.2) is 0 Å². The van der Waals surface area contributed by atoms with Crippen molar-refractivity contribution in [2.45, 2.75) is 32.1 Å². The molecule has 4 heteroatoms. The van der Waals surface area contributed by atoms with E-state index in [2.05, 4.69) is 21.2 Å². The summed E-state index contributed by atoms with van der Waals surface area (Å²) in [7, 11) is 0. The second-order valence-electron chi connectivity index (χ2n) is 4.33. The fourth-order valence-electron chi connectivity index (χ4n) is 2.22. The Morgan fingerprint density at radius 3 is 2.88 bits per heavy atom. The molecule has 1 saturated carbocycles. The molecule has 1 aliphatic carbocycles. The molecule has 88 valence electrons. The Labute approximate surface area is 109 Å². The number of hydrogen-bond donors (Lipinski definition) is 1. The van der Waals surface area contributed by atoms with Crippen LogP contribution in [0.25, 0.3) is 0 Å². The van der Waals surface area contributed by atoms with E-state index >= 15 is 0 Å². The Morgan fingerprint density at radius 1 is 1.50 bits per heavy atom. The number of hydrogen-bond acceptors (Lipinski definition) is 2. The Bertz CT molecular complexity index is 358. The number of halogens is 1. The lowest BCUT2D eigenvalue weighted by molar-refractivity contribution is 0.0952. The fraction of sp³-hybridized carbons (Fsp3) is 0.583. The Morgan fingerprint density at radius 2 is 2.25 bits per heavy atom. The fourth-order valence-corrected chi connectivity index (χ4v) is 3.36. The average molecular weight is 302 g/mol. The van der Waals surface area contributed by atoms with Crippen LogP contribution in [0.15, 0.2) is 15.2 Å². The van der Waals surface area contributed by atoms with Gasteiger partial charge in [0.25, 0.3) is 5.91 Å². The minimum absolute atomic E-state index is 0.0555. The van der Waals surface area contributed by atoms with E-state index in [-0.39, 0.29) is 5.91 Å². The molecule has 0 saturated heterocycles. The van der Waals surface area contributed by atoms with Gasteiger partial charge in [-0.2, -0.15) is 0 Å². The molecule has 1 aromatic rings. The van der Waals surface area contributed by atoms with Gasteiger partial charge in [-0.15, -0.1) is 11.3 Å². The van der Waals surface area contributed by atoms with Crippen molar-refractivity contribution in [2.24, 2.45) is 5.92 Å². The molecule has 1 aromatic heterocycles. The van der Waals surface area contributed by atoms with Crippen LogP contribution >= 0.6 is 27.3 Å². The van der Waals surface area contributed by atoms with Crippen molar-refractivity contribution in [2.75, 3.05) is 6.54 Å². The zero-order valence-corrected chi connectivity index (χ0v) is 11.6. The SMILES string of the molecule is O=C(NCCC1CCCC1)c1csc(Br)c1. The topological polar surface area (TPSA) is 29.1 Å². The summed E-state index contributed by atoms with van der Waals surface area (Å²) < 4.78 is 1.01. The van der Waals surface area contributed by atoms with Gasteiger partial charge < -0.3 is 5.32 Å². The molecule has 0 radical (unpaired) electrons. The van der Waals surface area contributed by atoms with Gasteiger partial charge in [-0.1, -0.05) is 25.7 Å². The first kappa shape index (κ1) is 12.1. The van der Waals surface area contributed by atoms with E-state index in [0.29, 0.717) is 0 Å². The smallest absolute Gasteiger partial charge is 0.252 e. The zero-order chi connectivity index (χ0) is 11.4. The second-order valence-corrected chi connectivity index (χ2v) is 6.63. The lowest BCUT2D eigenvalue weighted by Gasteiger charge is -2.09. The van der Waals surface area contributed by atoms with Crippen LogP contribution in [0.1, 0.15) is 42.5 Å². The van der Waals surface area contributed by atoms with Crippen LogP contribution < -0.4 is 5.32 Å². The molecule has 0 atom stereocenters. The van der Waals surface area contributed by atoms with Gasteiger partial charge in [0.1, 0.15) is 0 Å². The molecule has 16 heavy (non-hydrogen) atoms. The van der Waals surface area contributed by atoms with Crippen LogP contribution in [0, 0.1) is 5.92 Å². The maximum absolute atomic E-state index is 11.7. The Balaban J connectivity index is 1.71. The highest BCUT2D eigenvalue weighted by Gasteiger charge is 2.15. The predicted octanol–water partition coefficient (Wildman–Crippen LogP) is 3.82. The number of carbonyl (C=O) groups excluding carboxylic acids is 1. The molecule has 0 aliphatic heterocycles. The van der Waals surface area contributed by atoms with Crippen molar-refractivity contribution in [3.8, 4) is 0 Å². The lowest BCUT2D eigenvalue weighted by Crippen LogP contribution is -2.25. The standard InChI is InChI=1S/C12H16BrNOS/c13-11-7-10(8-16-11)12(15)14-6-5-9-3-1-2-4-9/h7-9H,1-6H2,(H,14,15). The molecular formula is C12H16BrNOS. The van der Waals surface area contributed by atoms with E-state index in [1.165, 1.54) is 25.7 Å². The minimum atomic E-state index is 0.0555. The van der Waals surface area contributed by atoms with Crippen molar-refractivity contribution >= 4 is 33.2 Å². The van der Waals surface area contributed by atoms with Gasteiger partial charge in [-0.05, 0) is 34.3 Å². The monoisotopic (exact) mass is 301 g/mol. The van der Waals surface area contributed by atoms with E-state index in [0.717, 1.165) is 28.2 Å². The molecule has 0 aromatic carbocycles. The summed E-state index contributed by atoms with van der Waals surface area (Å²) in [6.45, 7) is 0.816. The normalized spacial score (nSPS) is 16.6. The summed E-state index contributed by atoms with van der Waals surface area (Å²) in [6.07, 6.45) is 6.57. The average Bonchev–Trinajstić information content (AvgIpc) is 2.89. The van der Waals surface area contributed by atoms with Crippen LogP contribution in [-0.4, -0.2) is 12.5 Å². The van der Waals surface area contributed by atoms with Crippen LogP contribution in [0.3, 0.4) is 0 Å². The van der Waals surface area contributed by atoms with E-state index in [1.807, 2.05) is 11.4 Å². The van der Waals surface area contributed by atoms with Crippen molar-refractivity contribution in [1.29, 1.82) is 0 Å². The first-order valence-corrected chi connectivity index (χ1v) is 7.45. The van der Waals surface area contributed by atoms with Gasteiger partial charge in [0.15, 0.2) is 0 Å². The molecule has 2 rings (SSSR count). The van der Waals surface area contributed by atoms with Crippen LogP contribution in [0.2, 0.25) is 0 Å². The summed E-state index contributed by atoms with van der Waals surface area (Å²) >= 11 is 4.91. The summed E-state index contributed by atoms with van der Waals surface area (Å²) in [6, 6.07) is 1.87. The van der Waals surface area contributed by atoms with Crippen molar-refractivity contribution < 1.29 is 4.79 Å². The van der Waals surface area contributed by atoms with E-state index in [4.69, 9.17) is 0 Å². The quantitative estimate of drug-likeness (QED) is 0.900. The highest BCUT2D eigenvalue weighted by atomic mass is 79.9. The van der Waals surface area contributed by atoms with E-state index in [9.17, 15) is 4.79 Å². The third-order valence-electron chi connectivity index (χ3n) is 3.14. The van der Waals surface area contributed by atoms with Crippen LogP contribution in [0.4, 0.5) is 0 Å². The molecule has 1 amide bonds. The van der Waals surface area contributed by atoms with E-state index in [1.54, 1.807) is 11.3 Å². The highest BCUT2D eigenvalue weighted by molar-refractivity contribution is 9.11. The largest absolute Gasteiger partial charge is 0.352 e. The molecule has 2 nitrogen and oxygen atoms in total. The predicted molar refractivity (Wildman–Crippen MR) is 70.9 cm³/mol. The maximum Gasteiger partial charge on any atom is 0.252 e. The van der Waals surface area contributed by atoms with E-state index < -0.39 is 0 Å². The zero-order valence-electron chi connectivity index (χ0n) is 9.17. The van der Waals surface area contributed by atoms with Gasteiger partial charge in [0.2, 0.25) is 0 Å². The first-order valence-electron chi connectivity index (χ1n) is 5.78. The number of rotatable bonds is 4. The highest BCUT2D eigenvalue weighted by Crippen LogP contribution is 2.27. The van der Waals surface area contributed by atoms with Crippen molar-refractivity contribution in [1.82, 2.24) is 5.32 Å². The molecule has 0 spiro atoms. The number of nitrogens with one attached hydrogen (secondary N) is 1. The third-order valence-corrected chi connectivity index (χ3v) is 4.65. The van der Waals surface area contributed by atoms with Gasteiger partial charge >= 0.3 is 0 Å². The summed E-state index contributed by atoms with van der Waals surface area (Å²) in [4.78, 5) is 11.7. The summed E-state index contributed by atoms with van der Waals surface area (Å²) in [5, 5.41) is 4.87. The lowest BCUT2D eigenvalue weighted by atomic mass is 10.0. The molecule has 0 unspecified atom stereocenters. The van der Waals surface area contributed by atoms with Crippen LogP contribution in [-0.2, 0) is 0 Å². The third kappa shape index (κ3) is 3.32.